The monoisotopic (exact) mass is 226 g/mol. The van der Waals surface area contributed by atoms with Gasteiger partial charge in [0.25, 0.3) is 0 Å². The maximum absolute atomic E-state index is 9.81. The molecule has 0 aliphatic heterocycles. The van der Waals surface area contributed by atoms with Crippen LogP contribution in [0.25, 0.3) is 22.7 Å². The number of imidazole rings is 1. The van der Waals surface area contributed by atoms with Crippen LogP contribution >= 0.6 is 0 Å². The average Bonchev–Trinajstić information content (AvgIpc) is 3.00. The fourth-order valence-electron chi connectivity index (χ4n) is 1.78. The molecule has 0 radical (unpaired) electrons. The Morgan fingerprint density at radius 2 is 2.00 bits per heavy atom. The molecule has 3 aromatic rings. The molecule has 0 aliphatic carbocycles. The molecule has 0 aliphatic rings. The predicted molar refractivity (Wildman–Crippen MR) is 63.4 cm³/mol. The highest BCUT2D eigenvalue weighted by Crippen LogP contribution is 2.35. The Labute approximate surface area is 97.6 Å². The molecule has 0 unspecified atom stereocenters. The Bertz CT molecular complexity index is 626. The van der Waals surface area contributed by atoms with E-state index in [1.54, 1.807) is 36.9 Å². The van der Waals surface area contributed by atoms with Crippen molar-refractivity contribution in [2.75, 3.05) is 0 Å². The van der Waals surface area contributed by atoms with Gasteiger partial charge in [-0.3, -0.25) is 0 Å². The first-order chi connectivity index (χ1) is 8.36. The lowest BCUT2D eigenvalue weighted by atomic mass is 10.1. The minimum atomic E-state index is 0.190. The summed E-state index contributed by atoms with van der Waals surface area (Å²) in [4.78, 5) is 7.19. The Hall–Kier alpha value is -2.49. The zero-order valence-electron chi connectivity index (χ0n) is 8.92. The normalized spacial score (nSPS) is 10.6. The van der Waals surface area contributed by atoms with E-state index in [1.165, 1.54) is 0 Å². The first kappa shape index (κ1) is 9.72. The SMILES string of the molecule is Oc1ccccc1-c1occc1-c1ncc[nH]1. The summed E-state index contributed by atoms with van der Waals surface area (Å²) in [5.74, 6) is 1.52. The summed E-state index contributed by atoms with van der Waals surface area (Å²) in [6.45, 7) is 0. The summed E-state index contributed by atoms with van der Waals surface area (Å²) in [5, 5.41) is 9.81. The van der Waals surface area contributed by atoms with Crippen molar-refractivity contribution < 1.29 is 9.52 Å². The summed E-state index contributed by atoms with van der Waals surface area (Å²) in [7, 11) is 0. The van der Waals surface area contributed by atoms with Crippen LogP contribution in [0.15, 0.2) is 53.4 Å². The molecule has 0 saturated heterocycles. The molecule has 0 saturated carbocycles. The van der Waals surface area contributed by atoms with E-state index in [-0.39, 0.29) is 5.75 Å². The lowest BCUT2D eigenvalue weighted by Crippen LogP contribution is -1.82. The van der Waals surface area contributed by atoms with Crippen molar-refractivity contribution in [1.82, 2.24) is 9.97 Å². The second kappa shape index (κ2) is 3.83. The molecular weight excluding hydrogens is 216 g/mol. The van der Waals surface area contributed by atoms with Crippen molar-refractivity contribution in [3.05, 3.63) is 49.0 Å². The third-order valence-corrected chi connectivity index (χ3v) is 2.57. The van der Waals surface area contributed by atoms with Crippen molar-refractivity contribution in [1.29, 1.82) is 0 Å². The summed E-state index contributed by atoms with van der Waals surface area (Å²) in [6, 6.07) is 8.88. The molecule has 84 valence electrons. The van der Waals surface area contributed by atoms with Crippen LogP contribution < -0.4 is 0 Å². The summed E-state index contributed by atoms with van der Waals surface area (Å²) in [6.07, 6.45) is 5.01. The molecule has 2 aromatic heterocycles. The van der Waals surface area contributed by atoms with Crippen LogP contribution in [0.5, 0.6) is 5.75 Å². The lowest BCUT2D eigenvalue weighted by molar-refractivity contribution is 0.473. The highest BCUT2D eigenvalue weighted by Gasteiger charge is 2.15. The van der Waals surface area contributed by atoms with Gasteiger partial charge in [-0.25, -0.2) is 4.98 Å². The second-order valence-corrected chi connectivity index (χ2v) is 3.62. The number of phenolic OH excluding ortho intramolecular Hbond substituents is 1. The summed E-state index contributed by atoms with van der Waals surface area (Å²) in [5.41, 5.74) is 1.49. The fourth-order valence-corrected chi connectivity index (χ4v) is 1.78. The molecular formula is C13H10N2O2. The van der Waals surface area contributed by atoms with Gasteiger partial charge in [-0.2, -0.15) is 0 Å². The van der Waals surface area contributed by atoms with Crippen LogP contribution in [0.4, 0.5) is 0 Å². The number of para-hydroxylation sites is 1. The van der Waals surface area contributed by atoms with E-state index in [2.05, 4.69) is 9.97 Å². The number of hydrogen-bond donors (Lipinski definition) is 2. The molecule has 0 spiro atoms. The van der Waals surface area contributed by atoms with Gasteiger partial charge < -0.3 is 14.5 Å². The van der Waals surface area contributed by atoms with Gasteiger partial charge in [-0.15, -0.1) is 0 Å². The maximum Gasteiger partial charge on any atom is 0.148 e. The number of aromatic hydroxyl groups is 1. The Morgan fingerprint density at radius 3 is 2.76 bits per heavy atom. The van der Waals surface area contributed by atoms with Crippen LogP contribution in [-0.2, 0) is 0 Å². The third kappa shape index (κ3) is 1.59. The molecule has 0 atom stereocenters. The third-order valence-electron chi connectivity index (χ3n) is 2.57. The number of rotatable bonds is 2. The van der Waals surface area contributed by atoms with E-state index in [0.29, 0.717) is 11.3 Å². The van der Waals surface area contributed by atoms with E-state index in [4.69, 9.17) is 4.42 Å². The van der Waals surface area contributed by atoms with Crippen LogP contribution in [0.2, 0.25) is 0 Å². The zero-order valence-corrected chi connectivity index (χ0v) is 8.92. The molecule has 0 fully saturated rings. The smallest absolute Gasteiger partial charge is 0.148 e. The first-order valence-corrected chi connectivity index (χ1v) is 5.22. The van der Waals surface area contributed by atoms with Gasteiger partial charge in [-0.05, 0) is 18.2 Å². The van der Waals surface area contributed by atoms with E-state index in [0.717, 1.165) is 11.4 Å². The number of nitrogens with one attached hydrogen (secondary N) is 1. The highest BCUT2D eigenvalue weighted by molar-refractivity contribution is 5.79. The van der Waals surface area contributed by atoms with E-state index in [9.17, 15) is 5.11 Å². The standard InChI is InChI=1S/C13H10N2O2/c16-11-4-2-1-3-9(11)12-10(5-8-17-12)13-14-6-7-15-13/h1-8,16H,(H,14,15). The maximum atomic E-state index is 9.81. The molecule has 0 bridgehead atoms. The summed E-state index contributed by atoms with van der Waals surface area (Å²) < 4.78 is 5.44. The Kier molecular flexibility index (Phi) is 2.19. The van der Waals surface area contributed by atoms with Crippen molar-refractivity contribution in [2.24, 2.45) is 0 Å². The van der Waals surface area contributed by atoms with Gasteiger partial charge in [0.1, 0.15) is 17.3 Å². The summed E-state index contributed by atoms with van der Waals surface area (Å²) >= 11 is 0. The van der Waals surface area contributed by atoms with Gasteiger partial charge in [0, 0.05) is 12.4 Å². The lowest BCUT2D eigenvalue weighted by Gasteiger charge is -2.02. The topological polar surface area (TPSA) is 62.1 Å². The molecule has 2 N–H and O–H groups in total. The number of benzene rings is 1. The number of furan rings is 1. The Balaban J connectivity index is 2.17. The van der Waals surface area contributed by atoms with Crippen molar-refractivity contribution >= 4 is 0 Å². The van der Waals surface area contributed by atoms with Gasteiger partial charge in [0.05, 0.1) is 17.4 Å². The van der Waals surface area contributed by atoms with Gasteiger partial charge in [-0.1, -0.05) is 12.1 Å². The quantitative estimate of drug-likeness (QED) is 0.706. The number of phenols is 1. The first-order valence-electron chi connectivity index (χ1n) is 5.22. The van der Waals surface area contributed by atoms with E-state index < -0.39 is 0 Å². The molecule has 3 rings (SSSR count). The minimum Gasteiger partial charge on any atom is -0.507 e. The van der Waals surface area contributed by atoms with E-state index >= 15 is 0 Å². The number of H-pyrrole nitrogens is 1. The van der Waals surface area contributed by atoms with Gasteiger partial charge in [0.15, 0.2) is 0 Å². The second-order valence-electron chi connectivity index (χ2n) is 3.62. The minimum absolute atomic E-state index is 0.190. The molecule has 4 nitrogen and oxygen atoms in total. The molecule has 1 aromatic carbocycles. The number of aromatic nitrogens is 2. The Morgan fingerprint density at radius 1 is 1.12 bits per heavy atom. The molecule has 4 heteroatoms. The van der Waals surface area contributed by atoms with Crippen molar-refractivity contribution in [3.63, 3.8) is 0 Å². The zero-order chi connectivity index (χ0) is 11.7. The van der Waals surface area contributed by atoms with Crippen LogP contribution in [0, 0.1) is 0 Å². The molecule has 2 heterocycles. The number of nitrogens with zero attached hydrogens (tertiary/aromatic N) is 1. The van der Waals surface area contributed by atoms with Crippen molar-refractivity contribution in [3.8, 4) is 28.5 Å². The fraction of sp³-hybridized carbons (Fsp3) is 0. The van der Waals surface area contributed by atoms with Crippen molar-refractivity contribution in [2.45, 2.75) is 0 Å². The largest absolute Gasteiger partial charge is 0.507 e. The average molecular weight is 226 g/mol. The van der Waals surface area contributed by atoms with Crippen LogP contribution in [0.3, 0.4) is 0 Å². The van der Waals surface area contributed by atoms with Crippen LogP contribution in [0.1, 0.15) is 0 Å². The number of aromatic amines is 1. The molecule has 17 heavy (non-hydrogen) atoms. The molecule has 0 amide bonds. The van der Waals surface area contributed by atoms with Gasteiger partial charge in [0.2, 0.25) is 0 Å². The van der Waals surface area contributed by atoms with Crippen LogP contribution in [-0.4, -0.2) is 15.1 Å². The highest BCUT2D eigenvalue weighted by atomic mass is 16.3. The predicted octanol–water partition coefficient (Wildman–Crippen LogP) is 3.04. The number of hydrogen-bond acceptors (Lipinski definition) is 3. The van der Waals surface area contributed by atoms with Gasteiger partial charge >= 0.3 is 0 Å². The van der Waals surface area contributed by atoms with E-state index in [1.807, 2.05) is 12.1 Å².